The van der Waals surface area contributed by atoms with Crippen LogP contribution in [0.25, 0.3) is 0 Å². The molecule has 58 valence electrons. The number of aryl methyl sites for hydroxylation is 1. The number of rotatable bonds is 1. The number of nitrogens with zero attached hydrogens (tertiary/aromatic N) is 2. The Kier molecular flexibility index (Phi) is 1.58. The van der Waals surface area contributed by atoms with E-state index in [0.29, 0.717) is 0 Å². The molecule has 0 saturated heterocycles. The molecule has 0 fully saturated rings. The number of hydrogen-bond acceptors (Lipinski definition) is 3. The van der Waals surface area contributed by atoms with Crippen LogP contribution >= 0.6 is 0 Å². The van der Waals surface area contributed by atoms with Crippen molar-refractivity contribution in [1.29, 1.82) is 0 Å². The third-order valence-electron chi connectivity index (χ3n) is 2.14. The van der Waals surface area contributed by atoms with E-state index in [1.807, 2.05) is 0 Å². The maximum atomic E-state index is 8.95. The summed E-state index contributed by atoms with van der Waals surface area (Å²) in [5.74, 6) is 0.235. The van der Waals surface area contributed by atoms with Gasteiger partial charge < -0.3 is 5.11 Å². The van der Waals surface area contributed by atoms with Crippen molar-refractivity contribution in [3.63, 3.8) is 0 Å². The fraction of sp³-hybridized carbons (Fsp3) is 0.500. The Morgan fingerprint density at radius 1 is 1.45 bits per heavy atom. The molecule has 1 N–H and O–H groups in total. The molecule has 0 spiro atoms. The first-order valence-electron chi connectivity index (χ1n) is 3.82. The molecule has 0 bridgehead atoms. The molecular weight excluding hydrogens is 140 g/mol. The normalized spacial score (nSPS) is 21.7. The van der Waals surface area contributed by atoms with Crippen molar-refractivity contribution in [2.24, 2.45) is 0 Å². The zero-order valence-corrected chi connectivity index (χ0v) is 6.20. The number of fused-ring (bicyclic) bond motifs is 1. The van der Waals surface area contributed by atoms with Gasteiger partial charge in [-0.15, -0.1) is 0 Å². The average Bonchev–Trinajstić information content (AvgIpc) is 2.47. The first-order chi connectivity index (χ1) is 5.42. The number of hydrogen-bond donors (Lipinski definition) is 1. The molecule has 1 aliphatic rings. The van der Waals surface area contributed by atoms with E-state index >= 15 is 0 Å². The van der Waals surface area contributed by atoms with Crippen LogP contribution < -0.4 is 0 Å². The Morgan fingerprint density at radius 3 is 3.09 bits per heavy atom. The summed E-state index contributed by atoms with van der Waals surface area (Å²) in [5.41, 5.74) is 2.06. The molecule has 0 saturated carbocycles. The second kappa shape index (κ2) is 2.58. The van der Waals surface area contributed by atoms with E-state index < -0.39 is 0 Å². The largest absolute Gasteiger partial charge is 0.396 e. The summed E-state index contributed by atoms with van der Waals surface area (Å²) < 4.78 is 0. The molecule has 0 aliphatic heterocycles. The van der Waals surface area contributed by atoms with Gasteiger partial charge in [-0.2, -0.15) is 0 Å². The Hall–Kier alpha value is -0.960. The minimum atomic E-state index is 0.200. The van der Waals surface area contributed by atoms with Gasteiger partial charge in [-0.3, -0.25) is 9.97 Å². The van der Waals surface area contributed by atoms with Crippen LogP contribution in [-0.4, -0.2) is 21.7 Å². The van der Waals surface area contributed by atoms with Gasteiger partial charge in [0.05, 0.1) is 18.0 Å². The highest BCUT2D eigenvalue weighted by Gasteiger charge is 2.23. The van der Waals surface area contributed by atoms with Gasteiger partial charge in [0.1, 0.15) is 0 Å². The van der Waals surface area contributed by atoms with Crippen LogP contribution in [0.4, 0.5) is 0 Å². The lowest BCUT2D eigenvalue weighted by molar-refractivity contribution is 0.263. The van der Waals surface area contributed by atoms with Crippen molar-refractivity contribution in [2.45, 2.75) is 18.8 Å². The number of aliphatic hydroxyl groups excluding tert-OH is 1. The molecule has 3 heteroatoms. The van der Waals surface area contributed by atoms with Gasteiger partial charge in [-0.25, -0.2) is 0 Å². The molecule has 1 aromatic rings. The second-order valence-corrected chi connectivity index (χ2v) is 2.81. The van der Waals surface area contributed by atoms with Crippen molar-refractivity contribution < 1.29 is 5.11 Å². The van der Waals surface area contributed by atoms with Crippen LogP contribution in [0, 0.1) is 0 Å². The molecular formula is C8H10N2O. The van der Waals surface area contributed by atoms with E-state index in [4.69, 9.17) is 5.11 Å². The molecule has 1 heterocycles. The van der Waals surface area contributed by atoms with E-state index in [0.717, 1.165) is 24.2 Å². The molecule has 1 aliphatic carbocycles. The summed E-state index contributed by atoms with van der Waals surface area (Å²) in [4.78, 5) is 8.37. The standard InChI is InChI=1S/C8H10N2O/c11-5-6-1-2-7-8(6)10-4-3-9-7/h3-4,6,11H,1-2,5H2/t6-/m0/s1. The second-order valence-electron chi connectivity index (χ2n) is 2.81. The molecule has 2 rings (SSSR count). The van der Waals surface area contributed by atoms with E-state index in [2.05, 4.69) is 9.97 Å². The summed E-state index contributed by atoms with van der Waals surface area (Å²) >= 11 is 0. The van der Waals surface area contributed by atoms with Crippen molar-refractivity contribution in [3.05, 3.63) is 23.8 Å². The fourth-order valence-electron chi connectivity index (χ4n) is 1.54. The van der Waals surface area contributed by atoms with Crippen LogP contribution in [-0.2, 0) is 6.42 Å². The van der Waals surface area contributed by atoms with Crippen molar-refractivity contribution in [3.8, 4) is 0 Å². The third kappa shape index (κ3) is 1.01. The van der Waals surface area contributed by atoms with Gasteiger partial charge in [0.25, 0.3) is 0 Å². The molecule has 11 heavy (non-hydrogen) atoms. The van der Waals surface area contributed by atoms with Crippen molar-refractivity contribution in [1.82, 2.24) is 9.97 Å². The molecule has 3 nitrogen and oxygen atoms in total. The van der Waals surface area contributed by atoms with Gasteiger partial charge in [0.15, 0.2) is 0 Å². The van der Waals surface area contributed by atoms with Crippen LogP contribution in [0.1, 0.15) is 23.7 Å². The van der Waals surface area contributed by atoms with Crippen LogP contribution in [0.3, 0.4) is 0 Å². The Balaban J connectivity index is 2.39. The van der Waals surface area contributed by atoms with Gasteiger partial charge in [0, 0.05) is 18.3 Å². The maximum absolute atomic E-state index is 8.95. The lowest BCUT2D eigenvalue weighted by Crippen LogP contribution is -2.01. The lowest BCUT2D eigenvalue weighted by Gasteiger charge is -2.03. The van der Waals surface area contributed by atoms with Crippen LogP contribution in [0.15, 0.2) is 12.4 Å². The molecule has 0 unspecified atom stereocenters. The minimum Gasteiger partial charge on any atom is -0.396 e. The molecule has 1 aromatic heterocycles. The first kappa shape index (κ1) is 6.73. The zero-order valence-electron chi connectivity index (χ0n) is 6.20. The predicted molar refractivity (Wildman–Crippen MR) is 40.2 cm³/mol. The Bertz CT molecular complexity index is 262. The molecule has 0 amide bonds. The van der Waals surface area contributed by atoms with E-state index in [1.165, 1.54) is 0 Å². The highest BCUT2D eigenvalue weighted by Crippen LogP contribution is 2.28. The predicted octanol–water partition coefficient (Wildman–Crippen LogP) is 0.499. The SMILES string of the molecule is OC[C@@H]1CCc2nccnc21. The summed E-state index contributed by atoms with van der Waals surface area (Å²) in [5, 5.41) is 8.95. The van der Waals surface area contributed by atoms with Gasteiger partial charge in [-0.1, -0.05) is 0 Å². The van der Waals surface area contributed by atoms with Crippen molar-refractivity contribution in [2.75, 3.05) is 6.61 Å². The Labute approximate surface area is 65.1 Å². The zero-order chi connectivity index (χ0) is 7.68. The highest BCUT2D eigenvalue weighted by molar-refractivity contribution is 5.21. The average molecular weight is 150 g/mol. The van der Waals surface area contributed by atoms with E-state index in [1.54, 1.807) is 12.4 Å². The smallest absolute Gasteiger partial charge is 0.0672 e. The fourth-order valence-corrected chi connectivity index (χ4v) is 1.54. The summed E-state index contributed by atoms with van der Waals surface area (Å²) in [6, 6.07) is 0. The number of aliphatic hydroxyl groups is 1. The van der Waals surface area contributed by atoms with Crippen molar-refractivity contribution >= 4 is 0 Å². The van der Waals surface area contributed by atoms with Crippen LogP contribution in [0.2, 0.25) is 0 Å². The maximum Gasteiger partial charge on any atom is 0.0672 e. The molecule has 0 aromatic carbocycles. The van der Waals surface area contributed by atoms with Gasteiger partial charge in [-0.05, 0) is 12.8 Å². The van der Waals surface area contributed by atoms with E-state index in [9.17, 15) is 0 Å². The Morgan fingerprint density at radius 2 is 2.27 bits per heavy atom. The first-order valence-corrected chi connectivity index (χ1v) is 3.82. The monoisotopic (exact) mass is 150 g/mol. The molecule has 0 radical (unpaired) electrons. The topological polar surface area (TPSA) is 46.0 Å². The quantitative estimate of drug-likeness (QED) is 0.634. The minimum absolute atomic E-state index is 0.200. The van der Waals surface area contributed by atoms with Crippen LogP contribution in [0.5, 0.6) is 0 Å². The highest BCUT2D eigenvalue weighted by atomic mass is 16.3. The summed E-state index contributed by atoms with van der Waals surface area (Å²) in [7, 11) is 0. The van der Waals surface area contributed by atoms with E-state index in [-0.39, 0.29) is 12.5 Å². The summed E-state index contributed by atoms with van der Waals surface area (Å²) in [6.07, 6.45) is 5.36. The molecule has 1 atom stereocenters. The summed E-state index contributed by atoms with van der Waals surface area (Å²) in [6.45, 7) is 0.200. The van der Waals surface area contributed by atoms with Gasteiger partial charge >= 0.3 is 0 Å². The van der Waals surface area contributed by atoms with Gasteiger partial charge in [0.2, 0.25) is 0 Å². The number of aromatic nitrogens is 2. The third-order valence-corrected chi connectivity index (χ3v) is 2.14. The lowest BCUT2D eigenvalue weighted by atomic mass is 10.1.